The Morgan fingerprint density at radius 3 is 2.67 bits per heavy atom. The first-order valence-electron chi connectivity index (χ1n) is 7.97. The van der Waals surface area contributed by atoms with Gasteiger partial charge in [-0.05, 0) is 30.5 Å². The quantitative estimate of drug-likeness (QED) is 0.630. The molecule has 1 spiro atoms. The summed E-state index contributed by atoms with van der Waals surface area (Å²) >= 11 is 0. The fourth-order valence-electron chi connectivity index (χ4n) is 3.94. The van der Waals surface area contributed by atoms with Gasteiger partial charge >= 0.3 is 12.0 Å². The molecule has 0 bridgehead atoms. The molecule has 0 N–H and O–H groups in total. The molecule has 2 saturated heterocycles. The van der Waals surface area contributed by atoms with Crippen molar-refractivity contribution in [2.75, 3.05) is 26.9 Å². The SMILES string of the molecule is [C-]#[N+]C(C(=O)OC)C1(c2ccc(F)cc2)CCOC2(CCOC2)C1. The number of carbonyl (C=O) groups excluding carboxylic acids is 1. The molecule has 0 radical (unpaired) electrons. The first-order chi connectivity index (χ1) is 11.6. The zero-order valence-corrected chi connectivity index (χ0v) is 13.6. The van der Waals surface area contributed by atoms with Crippen molar-refractivity contribution >= 4 is 5.97 Å². The fraction of sp³-hybridized carbons (Fsp3) is 0.556. The first kappa shape index (κ1) is 16.9. The number of ether oxygens (including phenoxy) is 3. The average molecular weight is 333 g/mol. The van der Waals surface area contributed by atoms with E-state index >= 15 is 0 Å². The lowest BCUT2D eigenvalue weighted by Gasteiger charge is -2.45. The number of rotatable bonds is 3. The number of nitrogens with zero attached hydrogens (tertiary/aromatic N) is 1. The topological polar surface area (TPSA) is 49.1 Å². The Balaban J connectivity index is 2.08. The number of esters is 1. The van der Waals surface area contributed by atoms with E-state index in [0.29, 0.717) is 32.7 Å². The zero-order chi connectivity index (χ0) is 17.2. The Bertz CT molecular complexity index is 648. The van der Waals surface area contributed by atoms with Crippen LogP contribution in [0.3, 0.4) is 0 Å². The third-order valence-electron chi connectivity index (χ3n) is 5.16. The van der Waals surface area contributed by atoms with Crippen LogP contribution >= 0.6 is 0 Å². The van der Waals surface area contributed by atoms with Crippen LogP contribution in [0.15, 0.2) is 24.3 Å². The van der Waals surface area contributed by atoms with Gasteiger partial charge in [-0.1, -0.05) is 12.1 Å². The maximum Gasteiger partial charge on any atom is 0.390 e. The Morgan fingerprint density at radius 1 is 1.33 bits per heavy atom. The Labute approximate surface area is 140 Å². The van der Waals surface area contributed by atoms with Crippen LogP contribution < -0.4 is 0 Å². The number of hydrogen-bond donors (Lipinski definition) is 0. The van der Waals surface area contributed by atoms with E-state index < -0.39 is 23.0 Å². The Kier molecular flexibility index (Phi) is 4.57. The number of halogens is 1. The molecule has 0 aromatic heterocycles. The molecule has 5 nitrogen and oxygen atoms in total. The molecule has 2 aliphatic heterocycles. The van der Waals surface area contributed by atoms with Gasteiger partial charge in [0, 0.05) is 19.6 Å². The molecule has 128 valence electrons. The predicted octanol–water partition coefficient (Wildman–Crippen LogP) is 2.49. The van der Waals surface area contributed by atoms with Gasteiger partial charge in [0.05, 0.1) is 24.7 Å². The van der Waals surface area contributed by atoms with Crippen molar-refractivity contribution in [1.29, 1.82) is 0 Å². The normalized spacial score (nSPS) is 30.7. The van der Waals surface area contributed by atoms with Crippen LogP contribution in [0.4, 0.5) is 4.39 Å². The maximum atomic E-state index is 13.4. The summed E-state index contributed by atoms with van der Waals surface area (Å²) in [7, 11) is 1.28. The minimum absolute atomic E-state index is 0.350. The van der Waals surface area contributed by atoms with Crippen LogP contribution in [0.1, 0.15) is 24.8 Å². The summed E-state index contributed by atoms with van der Waals surface area (Å²) in [5.41, 5.74) is -0.497. The lowest BCUT2D eigenvalue weighted by atomic mass is 9.64. The molecule has 3 rings (SSSR count). The molecule has 1 aromatic carbocycles. The van der Waals surface area contributed by atoms with Crippen LogP contribution in [0, 0.1) is 12.4 Å². The van der Waals surface area contributed by atoms with Crippen molar-refractivity contribution in [1.82, 2.24) is 0 Å². The summed E-state index contributed by atoms with van der Waals surface area (Å²) in [6, 6.07) is 5.05. The molecule has 6 heteroatoms. The summed E-state index contributed by atoms with van der Waals surface area (Å²) < 4.78 is 29.8. The standard InChI is InChI=1S/C18H20FNO4/c1-20-15(16(21)22-2)18(13-3-5-14(19)6-4-13)8-10-24-17(11-18)7-9-23-12-17/h3-6,15H,7-12H2,2H3. The summed E-state index contributed by atoms with van der Waals surface area (Å²) in [5.74, 6) is -0.914. The highest BCUT2D eigenvalue weighted by atomic mass is 19.1. The van der Waals surface area contributed by atoms with Crippen LogP contribution in [0.2, 0.25) is 0 Å². The molecule has 2 aliphatic rings. The lowest BCUT2D eigenvalue weighted by Crippen LogP contribution is -2.54. The second-order valence-corrected chi connectivity index (χ2v) is 6.48. The number of benzene rings is 1. The second-order valence-electron chi connectivity index (χ2n) is 6.48. The van der Waals surface area contributed by atoms with E-state index in [1.165, 1.54) is 19.2 Å². The Hall–Kier alpha value is -1.97. The molecule has 24 heavy (non-hydrogen) atoms. The van der Waals surface area contributed by atoms with Gasteiger partial charge < -0.3 is 19.1 Å². The third-order valence-corrected chi connectivity index (χ3v) is 5.16. The van der Waals surface area contributed by atoms with Gasteiger partial charge in [-0.2, -0.15) is 0 Å². The molecule has 2 heterocycles. The molecule has 3 unspecified atom stereocenters. The van der Waals surface area contributed by atoms with Crippen molar-refractivity contribution in [2.45, 2.75) is 36.3 Å². The van der Waals surface area contributed by atoms with Gasteiger partial charge in [0.25, 0.3) is 0 Å². The smallest absolute Gasteiger partial charge is 0.390 e. The highest BCUT2D eigenvalue weighted by Crippen LogP contribution is 2.48. The maximum absolute atomic E-state index is 13.4. The summed E-state index contributed by atoms with van der Waals surface area (Å²) in [6.07, 6.45) is 1.71. The molecule has 0 saturated carbocycles. The van der Waals surface area contributed by atoms with Crippen LogP contribution in [-0.2, 0) is 24.4 Å². The van der Waals surface area contributed by atoms with Crippen LogP contribution in [0.5, 0.6) is 0 Å². The number of carbonyl (C=O) groups is 1. The van der Waals surface area contributed by atoms with Gasteiger partial charge in [0.1, 0.15) is 5.82 Å². The van der Waals surface area contributed by atoms with Crippen molar-refractivity contribution in [3.63, 3.8) is 0 Å². The largest absolute Gasteiger partial charge is 0.463 e. The van der Waals surface area contributed by atoms with Crippen LogP contribution in [0.25, 0.3) is 4.85 Å². The highest BCUT2D eigenvalue weighted by molar-refractivity contribution is 5.80. The molecule has 3 atom stereocenters. The van der Waals surface area contributed by atoms with Crippen molar-refractivity contribution in [3.05, 3.63) is 47.1 Å². The summed E-state index contributed by atoms with van der Waals surface area (Å²) in [5, 5.41) is 0. The third kappa shape index (κ3) is 2.79. The van der Waals surface area contributed by atoms with E-state index in [2.05, 4.69) is 4.85 Å². The van der Waals surface area contributed by atoms with Gasteiger partial charge in [0.2, 0.25) is 0 Å². The predicted molar refractivity (Wildman–Crippen MR) is 83.8 cm³/mol. The molecule has 2 fully saturated rings. The van der Waals surface area contributed by atoms with E-state index in [9.17, 15) is 9.18 Å². The van der Waals surface area contributed by atoms with Gasteiger partial charge in [-0.3, -0.25) is 0 Å². The van der Waals surface area contributed by atoms with E-state index in [1.54, 1.807) is 12.1 Å². The van der Waals surface area contributed by atoms with Gasteiger partial charge in [-0.15, -0.1) is 0 Å². The molecule has 0 amide bonds. The molecule has 1 aromatic rings. The minimum Gasteiger partial charge on any atom is -0.463 e. The van der Waals surface area contributed by atoms with Crippen LogP contribution in [-0.4, -0.2) is 44.5 Å². The van der Waals surface area contributed by atoms with E-state index in [4.69, 9.17) is 20.8 Å². The van der Waals surface area contributed by atoms with E-state index in [0.717, 1.165) is 12.0 Å². The monoisotopic (exact) mass is 333 g/mol. The lowest BCUT2D eigenvalue weighted by molar-refractivity contribution is -0.148. The molecular weight excluding hydrogens is 313 g/mol. The van der Waals surface area contributed by atoms with Crippen molar-refractivity contribution < 1.29 is 23.4 Å². The van der Waals surface area contributed by atoms with Crippen molar-refractivity contribution in [2.24, 2.45) is 0 Å². The first-order valence-corrected chi connectivity index (χ1v) is 7.97. The highest BCUT2D eigenvalue weighted by Gasteiger charge is 2.58. The Morgan fingerprint density at radius 2 is 2.08 bits per heavy atom. The number of methoxy groups -OCH3 is 1. The van der Waals surface area contributed by atoms with Gasteiger partial charge in [-0.25, -0.2) is 15.8 Å². The van der Waals surface area contributed by atoms with Crippen molar-refractivity contribution in [3.8, 4) is 0 Å². The fourth-order valence-corrected chi connectivity index (χ4v) is 3.94. The second kappa shape index (κ2) is 6.50. The van der Waals surface area contributed by atoms with Gasteiger partial charge in [0.15, 0.2) is 0 Å². The molecule has 0 aliphatic carbocycles. The number of hydrogen-bond acceptors (Lipinski definition) is 4. The zero-order valence-electron chi connectivity index (χ0n) is 13.6. The molecular formula is C18H20FNO4. The summed E-state index contributed by atoms with van der Waals surface area (Å²) in [4.78, 5) is 15.9. The summed E-state index contributed by atoms with van der Waals surface area (Å²) in [6.45, 7) is 9.05. The van der Waals surface area contributed by atoms with E-state index in [-0.39, 0.29) is 5.82 Å². The average Bonchev–Trinajstić information content (AvgIpc) is 3.03. The minimum atomic E-state index is -0.991. The van der Waals surface area contributed by atoms with E-state index in [1.807, 2.05) is 0 Å².